The summed E-state index contributed by atoms with van der Waals surface area (Å²) in [5, 5.41) is 9.71. The summed E-state index contributed by atoms with van der Waals surface area (Å²) in [6.45, 7) is 5.51. The van der Waals surface area contributed by atoms with Crippen molar-refractivity contribution < 1.29 is 9.53 Å². The molecule has 2 saturated heterocycles. The zero-order valence-corrected chi connectivity index (χ0v) is 20.0. The Morgan fingerprint density at radius 1 is 1.03 bits per heavy atom. The third-order valence-corrected chi connectivity index (χ3v) is 6.65. The number of benzene rings is 2. The van der Waals surface area contributed by atoms with Gasteiger partial charge in [0.1, 0.15) is 0 Å². The molecule has 182 valence electrons. The second-order valence-corrected chi connectivity index (χ2v) is 9.01. The van der Waals surface area contributed by atoms with Crippen LogP contribution in [0.25, 0.3) is 11.3 Å². The van der Waals surface area contributed by atoms with E-state index in [-0.39, 0.29) is 11.9 Å². The molecule has 35 heavy (non-hydrogen) atoms. The predicted octanol–water partition coefficient (Wildman–Crippen LogP) is 4.19. The minimum atomic E-state index is -0.113. The summed E-state index contributed by atoms with van der Waals surface area (Å²) in [6, 6.07) is 18.3. The van der Waals surface area contributed by atoms with Crippen LogP contribution >= 0.6 is 0 Å². The lowest BCUT2D eigenvalue weighted by molar-refractivity contribution is -0.117. The normalized spacial score (nSPS) is 20.0. The lowest BCUT2D eigenvalue weighted by Crippen LogP contribution is -2.38. The Kier molecular flexibility index (Phi) is 7.20. The molecule has 0 bridgehead atoms. The van der Waals surface area contributed by atoms with Crippen LogP contribution in [0.1, 0.15) is 26.2 Å². The van der Waals surface area contributed by atoms with Gasteiger partial charge in [-0.25, -0.2) is 9.97 Å². The fraction of sp³-hybridized carbons (Fsp3) is 0.370. The minimum Gasteiger partial charge on any atom is -0.378 e. The molecule has 2 aliphatic heterocycles. The maximum atomic E-state index is 12.5. The molecule has 2 fully saturated rings. The highest BCUT2D eigenvalue weighted by molar-refractivity contribution is 5.95. The van der Waals surface area contributed by atoms with Gasteiger partial charge >= 0.3 is 0 Å². The van der Waals surface area contributed by atoms with E-state index < -0.39 is 0 Å². The van der Waals surface area contributed by atoms with Crippen molar-refractivity contribution in [2.75, 3.05) is 41.8 Å². The molecule has 0 radical (unpaired) electrons. The Balaban J connectivity index is 1.20. The first kappa shape index (κ1) is 23.3. The van der Waals surface area contributed by atoms with Gasteiger partial charge in [-0.1, -0.05) is 19.1 Å². The molecule has 2 atom stereocenters. The number of carbonyl (C=O) groups excluding carboxylic acids is 1. The smallest absolute Gasteiger partial charge is 0.241 e. The van der Waals surface area contributed by atoms with Gasteiger partial charge in [0, 0.05) is 48.0 Å². The second-order valence-electron chi connectivity index (χ2n) is 9.01. The molecule has 0 saturated carbocycles. The number of carbonyl (C=O) groups is 1. The highest BCUT2D eigenvalue weighted by atomic mass is 16.5. The molecular weight excluding hydrogens is 440 g/mol. The van der Waals surface area contributed by atoms with Crippen LogP contribution in [0.3, 0.4) is 0 Å². The lowest BCUT2D eigenvalue weighted by atomic mass is 10.1. The number of nitrogens with zero attached hydrogens (tertiary/aromatic N) is 3. The van der Waals surface area contributed by atoms with Crippen molar-refractivity contribution in [3.8, 4) is 11.3 Å². The van der Waals surface area contributed by atoms with Gasteiger partial charge < -0.3 is 25.6 Å². The van der Waals surface area contributed by atoms with Crippen LogP contribution in [0.15, 0.2) is 60.8 Å². The van der Waals surface area contributed by atoms with Crippen molar-refractivity contribution in [1.29, 1.82) is 0 Å². The van der Waals surface area contributed by atoms with E-state index in [2.05, 4.69) is 49.9 Å². The molecular formula is C27H32N6O2. The quantitative estimate of drug-likeness (QED) is 0.475. The number of hydrogen-bond donors (Lipinski definition) is 3. The molecule has 0 spiro atoms. The van der Waals surface area contributed by atoms with Gasteiger partial charge in [0.25, 0.3) is 0 Å². The van der Waals surface area contributed by atoms with Crippen LogP contribution in [0.5, 0.6) is 0 Å². The van der Waals surface area contributed by atoms with Crippen molar-refractivity contribution in [2.24, 2.45) is 0 Å². The molecule has 2 aromatic carbocycles. The van der Waals surface area contributed by atoms with E-state index in [4.69, 9.17) is 4.74 Å². The SMILES string of the molecule is CCC1CCC(C(=O)Nc2ccc(-c3ccnc(Nc4ccc(N5CCOCC5)cc4)n3)cc2)N1. The van der Waals surface area contributed by atoms with Crippen LogP contribution in [-0.4, -0.2) is 54.3 Å². The first-order valence-electron chi connectivity index (χ1n) is 12.4. The molecule has 1 amide bonds. The van der Waals surface area contributed by atoms with Crippen LogP contribution in [-0.2, 0) is 9.53 Å². The van der Waals surface area contributed by atoms with Crippen molar-refractivity contribution in [2.45, 2.75) is 38.3 Å². The number of aromatic nitrogens is 2. The van der Waals surface area contributed by atoms with E-state index in [1.165, 1.54) is 5.69 Å². The summed E-state index contributed by atoms with van der Waals surface area (Å²) >= 11 is 0. The molecule has 2 unspecified atom stereocenters. The summed E-state index contributed by atoms with van der Waals surface area (Å²) in [7, 11) is 0. The van der Waals surface area contributed by atoms with E-state index >= 15 is 0 Å². The number of anilines is 4. The first-order chi connectivity index (χ1) is 17.2. The first-order valence-corrected chi connectivity index (χ1v) is 12.4. The average molecular weight is 473 g/mol. The molecule has 3 heterocycles. The number of morpholine rings is 1. The molecule has 2 aliphatic rings. The molecule has 3 N–H and O–H groups in total. The summed E-state index contributed by atoms with van der Waals surface area (Å²) < 4.78 is 5.43. The van der Waals surface area contributed by atoms with Gasteiger partial charge in [-0.05, 0) is 61.7 Å². The zero-order chi connectivity index (χ0) is 24.0. The topological polar surface area (TPSA) is 91.4 Å². The van der Waals surface area contributed by atoms with Gasteiger partial charge in [0.2, 0.25) is 11.9 Å². The number of hydrogen-bond acceptors (Lipinski definition) is 7. The number of amides is 1. The van der Waals surface area contributed by atoms with Crippen molar-refractivity contribution >= 4 is 28.9 Å². The van der Waals surface area contributed by atoms with E-state index in [1.807, 2.05) is 42.5 Å². The number of nitrogens with one attached hydrogen (secondary N) is 3. The molecule has 1 aromatic heterocycles. The van der Waals surface area contributed by atoms with Gasteiger partial charge in [0.15, 0.2) is 0 Å². The van der Waals surface area contributed by atoms with E-state index in [9.17, 15) is 4.79 Å². The number of rotatable bonds is 7. The molecule has 5 rings (SSSR count). The standard InChI is InChI=1S/C27H32N6O2/c1-2-20-9-12-25(29-20)26(34)30-21-5-3-19(4-6-21)24-13-14-28-27(32-24)31-22-7-10-23(11-8-22)33-15-17-35-18-16-33/h3-8,10-11,13-14,20,25,29H,2,9,12,15-18H2,1H3,(H,30,34)(H,28,31,32). The van der Waals surface area contributed by atoms with Crippen molar-refractivity contribution in [3.63, 3.8) is 0 Å². The lowest BCUT2D eigenvalue weighted by Gasteiger charge is -2.28. The van der Waals surface area contributed by atoms with Gasteiger partial charge in [0.05, 0.1) is 24.9 Å². The van der Waals surface area contributed by atoms with Crippen LogP contribution < -0.4 is 20.9 Å². The summed E-state index contributed by atoms with van der Waals surface area (Å²) in [4.78, 5) is 23.9. The van der Waals surface area contributed by atoms with E-state index in [0.717, 1.165) is 68.2 Å². The van der Waals surface area contributed by atoms with E-state index in [1.54, 1.807) is 6.20 Å². The Morgan fingerprint density at radius 2 is 1.77 bits per heavy atom. The van der Waals surface area contributed by atoms with Gasteiger partial charge in [-0.2, -0.15) is 0 Å². The largest absolute Gasteiger partial charge is 0.378 e. The van der Waals surface area contributed by atoms with Gasteiger partial charge in [-0.3, -0.25) is 4.79 Å². The Labute approximate surface area is 206 Å². The Bertz CT molecular complexity index is 1130. The third kappa shape index (κ3) is 5.78. The van der Waals surface area contributed by atoms with Gasteiger partial charge in [-0.15, -0.1) is 0 Å². The number of ether oxygens (including phenoxy) is 1. The fourth-order valence-corrected chi connectivity index (χ4v) is 4.59. The summed E-state index contributed by atoms with van der Waals surface area (Å²) in [6.07, 6.45) is 4.73. The highest BCUT2D eigenvalue weighted by Crippen LogP contribution is 2.24. The van der Waals surface area contributed by atoms with Crippen molar-refractivity contribution in [3.05, 3.63) is 60.8 Å². The second kappa shape index (κ2) is 10.8. The highest BCUT2D eigenvalue weighted by Gasteiger charge is 2.27. The van der Waals surface area contributed by atoms with Crippen molar-refractivity contribution in [1.82, 2.24) is 15.3 Å². The Hall–Kier alpha value is -3.49. The van der Waals surface area contributed by atoms with E-state index in [0.29, 0.717) is 12.0 Å². The van der Waals surface area contributed by atoms with Crippen LogP contribution in [0.2, 0.25) is 0 Å². The zero-order valence-electron chi connectivity index (χ0n) is 20.0. The van der Waals surface area contributed by atoms with Crippen LogP contribution in [0, 0.1) is 0 Å². The summed E-state index contributed by atoms with van der Waals surface area (Å²) in [5.41, 5.74) is 4.68. The molecule has 8 heteroatoms. The van der Waals surface area contributed by atoms with Crippen LogP contribution in [0.4, 0.5) is 23.0 Å². The third-order valence-electron chi connectivity index (χ3n) is 6.65. The average Bonchev–Trinajstić information content (AvgIpc) is 3.40. The minimum absolute atomic E-state index is 0.0295. The fourth-order valence-electron chi connectivity index (χ4n) is 4.59. The Morgan fingerprint density at radius 3 is 2.49 bits per heavy atom. The maximum Gasteiger partial charge on any atom is 0.241 e. The molecule has 0 aliphatic carbocycles. The molecule has 8 nitrogen and oxygen atoms in total. The monoisotopic (exact) mass is 472 g/mol. The summed E-state index contributed by atoms with van der Waals surface area (Å²) in [5.74, 6) is 0.568. The maximum absolute atomic E-state index is 12.5. The molecule has 3 aromatic rings. The predicted molar refractivity (Wildman–Crippen MR) is 139 cm³/mol.